The summed E-state index contributed by atoms with van der Waals surface area (Å²) in [5.41, 5.74) is 7.01. The number of nitrogens with one attached hydrogen (secondary N) is 2. The van der Waals surface area contributed by atoms with Crippen LogP contribution in [0.25, 0.3) is 11.3 Å². The molecule has 1 aromatic rings. The monoisotopic (exact) mass is 294 g/mol. The van der Waals surface area contributed by atoms with Gasteiger partial charge in [-0.2, -0.15) is 0 Å². The number of benzene rings is 1. The van der Waals surface area contributed by atoms with E-state index in [4.69, 9.17) is 0 Å². The summed E-state index contributed by atoms with van der Waals surface area (Å²) in [7, 11) is 0. The van der Waals surface area contributed by atoms with Gasteiger partial charge in [0.2, 0.25) is 0 Å². The molecule has 0 aliphatic heterocycles. The minimum absolute atomic E-state index is 0.411. The van der Waals surface area contributed by atoms with Crippen LogP contribution in [0.3, 0.4) is 0 Å². The maximum Gasteiger partial charge on any atom is 0.0340 e. The fourth-order valence-corrected chi connectivity index (χ4v) is 2.57. The smallest absolute Gasteiger partial charge is 0.0340 e. The fraction of sp³-hybridized carbons (Fsp3) is 0.300. The highest BCUT2D eigenvalue weighted by Gasteiger charge is 2.13. The van der Waals surface area contributed by atoms with E-state index in [2.05, 4.69) is 81.0 Å². The van der Waals surface area contributed by atoms with E-state index in [1.807, 2.05) is 0 Å². The maximum absolute atomic E-state index is 4.13. The summed E-state index contributed by atoms with van der Waals surface area (Å²) in [4.78, 5) is 0. The molecule has 1 aliphatic carbocycles. The lowest BCUT2D eigenvalue weighted by atomic mass is 10.00. The van der Waals surface area contributed by atoms with Crippen molar-refractivity contribution in [3.05, 3.63) is 72.0 Å². The summed E-state index contributed by atoms with van der Waals surface area (Å²) in [5.74, 6) is 0. The molecule has 0 atom stereocenters. The van der Waals surface area contributed by atoms with Gasteiger partial charge in [0.1, 0.15) is 0 Å². The van der Waals surface area contributed by atoms with Crippen molar-refractivity contribution >= 4 is 11.3 Å². The molecule has 1 aromatic carbocycles. The van der Waals surface area contributed by atoms with E-state index in [1.165, 1.54) is 16.7 Å². The summed E-state index contributed by atoms with van der Waals surface area (Å²) in [6.45, 7) is 15.4. The molecule has 0 spiro atoms. The van der Waals surface area contributed by atoms with Crippen LogP contribution in [0, 0.1) is 0 Å². The van der Waals surface area contributed by atoms with E-state index in [0.717, 1.165) is 29.9 Å². The second-order valence-corrected chi connectivity index (χ2v) is 5.92. The van der Waals surface area contributed by atoms with Gasteiger partial charge in [-0.05, 0) is 43.0 Å². The minimum atomic E-state index is 0.411. The quantitative estimate of drug-likeness (QED) is 0.774. The Morgan fingerprint density at radius 2 is 1.77 bits per heavy atom. The lowest BCUT2D eigenvalue weighted by Crippen LogP contribution is -2.22. The van der Waals surface area contributed by atoms with Gasteiger partial charge in [-0.3, -0.25) is 0 Å². The summed E-state index contributed by atoms with van der Waals surface area (Å²) < 4.78 is 0. The highest BCUT2D eigenvalue weighted by Crippen LogP contribution is 2.31. The second kappa shape index (κ2) is 7.17. The first kappa shape index (κ1) is 16.2. The Morgan fingerprint density at radius 1 is 1.09 bits per heavy atom. The molecule has 0 aromatic heterocycles. The lowest BCUT2D eigenvalue weighted by Gasteiger charge is -2.15. The van der Waals surface area contributed by atoms with Gasteiger partial charge in [-0.15, -0.1) is 0 Å². The van der Waals surface area contributed by atoms with Crippen molar-refractivity contribution in [3.63, 3.8) is 0 Å². The zero-order valence-corrected chi connectivity index (χ0v) is 13.9. The predicted octanol–water partition coefficient (Wildman–Crippen LogP) is 4.49. The average Bonchev–Trinajstić information content (AvgIpc) is 2.97. The van der Waals surface area contributed by atoms with Crippen LogP contribution >= 0.6 is 0 Å². The topological polar surface area (TPSA) is 24.1 Å². The Hall–Kier alpha value is -2.22. The van der Waals surface area contributed by atoms with Gasteiger partial charge < -0.3 is 10.6 Å². The highest BCUT2D eigenvalue weighted by atomic mass is 14.9. The molecule has 22 heavy (non-hydrogen) atoms. The molecule has 0 bridgehead atoms. The molecule has 2 nitrogen and oxygen atoms in total. The molecule has 0 saturated carbocycles. The standard InChI is InChI=1S/C20H26N2/c1-6-21-15(4)17-7-9-18(10-8-17)20-12-11-19(13-20)16(5)22-14(2)3/h7-12,14,21-22H,4-6,13H2,1-3H3. The van der Waals surface area contributed by atoms with Crippen LogP contribution in [0.1, 0.15) is 38.3 Å². The molecule has 2 heteroatoms. The van der Waals surface area contributed by atoms with Crippen LogP contribution in [0.4, 0.5) is 0 Å². The SMILES string of the molecule is C=C(NC(C)C)C1=CC=C(c2ccc(C(=C)NCC)cc2)C1. The molecular weight excluding hydrogens is 268 g/mol. The first-order valence-electron chi connectivity index (χ1n) is 7.90. The van der Waals surface area contributed by atoms with E-state index in [-0.39, 0.29) is 0 Å². The van der Waals surface area contributed by atoms with Gasteiger partial charge in [0, 0.05) is 30.4 Å². The molecule has 0 saturated heterocycles. The Kier molecular flexibility index (Phi) is 5.26. The Morgan fingerprint density at radius 3 is 2.36 bits per heavy atom. The van der Waals surface area contributed by atoms with Crippen molar-refractivity contribution in [1.29, 1.82) is 0 Å². The van der Waals surface area contributed by atoms with Gasteiger partial charge in [0.25, 0.3) is 0 Å². The molecular formula is C20H26N2. The predicted molar refractivity (Wildman–Crippen MR) is 97.2 cm³/mol. The summed E-state index contributed by atoms with van der Waals surface area (Å²) in [6, 6.07) is 8.99. The van der Waals surface area contributed by atoms with Gasteiger partial charge in [-0.1, -0.05) is 49.6 Å². The van der Waals surface area contributed by atoms with Crippen molar-refractivity contribution in [3.8, 4) is 0 Å². The maximum atomic E-state index is 4.13. The number of hydrogen-bond acceptors (Lipinski definition) is 2. The molecule has 1 aliphatic rings. The van der Waals surface area contributed by atoms with Crippen LogP contribution in [0.15, 0.2) is 60.8 Å². The molecule has 0 amide bonds. The van der Waals surface area contributed by atoms with Gasteiger partial charge in [-0.25, -0.2) is 0 Å². The molecule has 0 radical (unpaired) electrons. The first-order valence-corrected chi connectivity index (χ1v) is 7.90. The Labute approximate surface area is 134 Å². The third-order valence-electron chi connectivity index (χ3n) is 3.71. The number of rotatable bonds is 7. The molecule has 2 rings (SSSR count). The second-order valence-electron chi connectivity index (χ2n) is 5.92. The van der Waals surface area contributed by atoms with E-state index >= 15 is 0 Å². The van der Waals surface area contributed by atoms with E-state index in [1.54, 1.807) is 0 Å². The zero-order valence-electron chi connectivity index (χ0n) is 13.9. The third-order valence-corrected chi connectivity index (χ3v) is 3.71. The van der Waals surface area contributed by atoms with Gasteiger partial charge in [0.05, 0.1) is 0 Å². The van der Waals surface area contributed by atoms with Crippen LogP contribution in [-0.2, 0) is 0 Å². The molecule has 2 N–H and O–H groups in total. The largest absolute Gasteiger partial charge is 0.385 e. The Balaban J connectivity index is 2.00. The van der Waals surface area contributed by atoms with E-state index < -0.39 is 0 Å². The summed E-state index contributed by atoms with van der Waals surface area (Å²) in [5, 5.41) is 6.63. The van der Waals surface area contributed by atoms with Crippen molar-refractivity contribution in [2.75, 3.05) is 6.54 Å². The van der Waals surface area contributed by atoms with Crippen LogP contribution in [0.5, 0.6) is 0 Å². The van der Waals surface area contributed by atoms with Gasteiger partial charge in [0.15, 0.2) is 0 Å². The van der Waals surface area contributed by atoms with Crippen LogP contribution < -0.4 is 10.6 Å². The summed E-state index contributed by atoms with van der Waals surface area (Å²) >= 11 is 0. The van der Waals surface area contributed by atoms with Crippen molar-refractivity contribution < 1.29 is 0 Å². The lowest BCUT2D eigenvalue weighted by molar-refractivity contribution is 0.675. The summed E-state index contributed by atoms with van der Waals surface area (Å²) in [6.07, 6.45) is 5.29. The molecule has 0 unspecified atom stereocenters. The zero-order chi connectivity index (χ0) is 16.1. The van der Waals surface area contributed by atoms with Crippen molar-refractivity contribution in [2.45, 2.75) is 33.2 Å². The fourth-order valence-electron chi connectivity index (χ4n) is 2.57. The minimum Gasteiger partial charge on any atom is -0.385 e. The normalized spacial score (nSPS) is 13.6. The molecule has 116 valence electrons. The van der Waals surface area contributed by atoms with Crippen molar-refractivity contribution in [2.24, 2.45) is 0 Å². The van der Waals surface area contributed by atoms with Gasteiger partial charge >= 0.3 is 0 Å². The van der Waals surface area contributed by atoms with Crippen LogP contribution in [-0.4, -0.2) is 12.6 Å². The highest BCUT2D eigenvalue weighted by molar-refractivity contribution is 5.75. The van der Waals surface area contributed by atoms with E-state index in [9.17, 15) is 0 Å². The van der Waals surface area contributed by atoms with Crippen LogP contribution in [0.2, 0.25) is 0 Å². The Bertz CT molecular complexity index is 616. The van der Waals surface area contributed by atoms with E-state index in [0.29, 0.717) is 6.04 Å². The first-order chi connectivity index (χ1) is 10.5. The van der Waals surface area contributed by atoms with Crippen molar-refractivity contribution in [1.82, 2.24) is 10.6 Å². The molecule has 0 fully saturated rings. The average molecular weight is 294 g/mol. The third kappa shape index (κ3) is 3.91. The number of allylic oxidation sites excluding steroid dienone is 4. The molecule has 0 heterocycles. The number of hydrogen-bond donors (Lipinski definition) is 2.